The minimum atomic E-state index is -3.90. The normalized spacial score (nSPS) is 11.9. The molecule has 0 bridgehead atoms. The van der Waals surface area contributed by atoms with Gasteiger partial charge in [-0.3, -0.25) is 0 Å². The molecule has 0 saturated carbocycles. The van der Waals surface area contributed by atoms with Gasteiger partial charge in [-0.25, -0.2) is 17.9 Å². The minimum absolute atomic E-state index is 0.114. The molecule has 0 amide bonds. The summed E-state index contributed by atoms with van der Waals surface area (Å²) in [6, 6.07) is 2.38. The predicted octanol–water partition coefficient (Wildman–Crippen LogP) is 1.92. The van der Waals surface area contributed by atoms with Crippen LogP contribution in [0.3, 0.4) is 0 Å². The second-order valence-electron chi connectivity index (χ2n) is 4.33. The Bertz CT molecular complexity index is 634. The third kappa shape index (κ3) is 4.55. The number of aromatic carboxylic acids is 1. The number of nitrogens with one attached hydrogen (secondary N) is 1. The smallest absolute Gasteiger partial charge is 0.338 e. The number of halogens is 2. The second-order valence-corrected chi connectivity index (χ2v) is 6.85. The lowest BCUT2D eigenvalue weighted by atomic mass is 10.2. The summed E-state index contributed by atoms with van der Waals surface area (Å²) in [5.74, 6) is -1.38. The Labute approximate surface area is 133 Å². The van der Waals surface area contributed by atoms with Gasteiger partial charge in [0, 0.05) is 13.1 Å². The molecule has 21 heavy (non-hydrogen) atoms. The highest BCUT2D eigenvalue weighted by Crippen LogP contribution is 2.30. The monoisotopic (exact) mass is 354 g/mol. The van der Waals surface area contributed by atoms with E-state index in [1.807, 2.05) is 18.9 Å². The van der Waals surface area contributed by atoms with Crippen molar-refractivity contribution in [3.05, 3.63) is 27.7 Å². The Hall–Kier alpha value is -0.860. The van der Waals surface area contributed by atoms with E-state index in [1.165, 1.54) is 12.1 Å². The first-order chi connectivity index (χ1) is 9.70. The summed E-state index contributed by atoms with van der Waals surface area (Å²) >= 11 is 11.6. The molecule has 0 radical (unpaired) electrons. The van der Waals surface area contributed by atoms with Gasteiger partial charge in [0.05, 0.1) is 15.6 Å². The first-order valence-electron chi connectivity index (χ1n) is 6.10. The molecule has 1 rings (SSSR count). The summed E-state index contributed by atoms with van der Waals surface area (Å²) in [6.07, 6.45) is 0. The van der Waals surface area contributed by atoms with Gasteiger partial charge in [0.1, 0.15) is 4.90 Å². The maximum Gasteiger partial charge on any atom is 0.338 e. The van der Waals surface area contributed by atoms with Crippen molar-refractivity contribution in [1.82, 2.24) is 9.62 Å². The molecule has 0 atom stereocenters. The van der Waals surface area contributed by atoms with Crippen LogP contribution in [0.25, 0.3) is 0 Å². The molecule has 2 N–H and O–H groups in total. The Morgan fingerprint density at radius 3 is 2.52 bits per heavy atom. The quantitative estimate of drug-likeness (QED) is 0.780. The first-order valence-corrected chi connectivity index (χ1v) is 8.34. The fourth-order valence-corrected chi connectivity index (χ4v) is 3.48. The minimum Gasteiger partial charge on any atom is -0.478 e. The van der Waals surface area contributed by atoms with Crippen molar-refractivity contribution in [3.63, 3.8) is 0 Å². The summed E-state index contributed by atoms with van der Waals surface area (Å²) < 4.78 is 26.7. The SMILES string of the molecule is CCN(C)CCNS(=O)(=O)c1ccc(Cl)c(C(=O)O)c1Cl. The molecule has 0 unspecified atom stereocenters. The van der Waals surface area contributed by atoms with E-state index in [9.17, 15) is 13.2 Å². The average molecular weight is 355 g/mol. The molecular weight excluding hydrogens is 339 g/mol. The number of likely N-dealkylation sites (N-methyl/N-ethyl adjacent to an activating group) is 1. The van der Waals surface area contributed by atoms with Crippen LogP contribution in [0, 0.1) is 0 Å². The summed E-state index contributed by atoms with van der Waals surface area (Å²) in [5.41, 5.74) is -0.424. The van der Waals surface area contributed by atoms with Crippen molar-refractivity contribution in [1.29, 1.82) is 0 Å². The number of carbonyl (C=O) groups is 1. The number of hydrogen-bond donors (Lipinski definition) is 2. The molecule has 9 heteroatoms. The van der Waals surface area contributed by atoms with Gasteiger partial charge in [-0.2, -0.15) is 0 Å². The third-order valence-corrected chi connectivity index (χ3v) is 5.21. The van der Waals surface area contributed by atoms with Crippen LogP contribution in [0.4, 0.5) is 0 Å². The van der Waals surface area contributed by atoms with Gasteiger partial charge in [0.15, 0.2) is 0 Å². The molecule has 1 aromatic carbocycles. The first kappa shape index (κ1) is 18.2. The van der Waals surface area contributed by atoms with Crippen LogP contribution in [0.1, 0.15) is 17.3 Å². The van der Waals surface area contributed by atoms with Crippen LogP contribution in [-0.4, -0.2) is 51.1 Å². The summed E-state index contributed by atoms with van der Waals surface area (Å²) in [6.45, 7) is 3.44. The van der Waals surface area contributed by atoms with Gasteiger partial charge in [0.25, 0.3) is 0 Å². The maximum absolute atomic E-state index is 12.2. The molecule has 0 aliphatic rings. The van der Waals surface area contributed by atoms with E-state index in [-0.39, 0.29) is 16.5 Å². The van der Waals surface area contributed by atoms with Crippen molar-refractivity contribution in [2.24, 2.45) is 0 Å². The van der Waals surface area contributed by atoms with Crippen molar-refractivity contribution in [3.8, 4) is 0 Å². The van der Waals surface area contributed by atoms with E-state index in [0.717, 1.165) is 6.54 Å². The number of nitrogens with zero attached hydrogens (tertiary/aromatic N) is 1. The van der Waals surface area contributed by atoms with Crippen LogP contribution in [0.2, 0.25) is 10.0 Å². The topological polar surface area (TPSA) is 86.7 Å². The number of carboxylic acids is 1. The fraction of sp³-hybridized carbons (Fsp3) is 0.417. The molecule has 0 heterocycles. The van der Waals surface area contributed by atoms with Crippen LogP contribution in [0.15, 0.2) is 17.0 Å². The molecule has 0 aromatic heterocycles. The van der Waals surface area contributed by atoms with Crippen molar-refractivity contribution < 1.29 is 18.3 Å². The molecule has 1 aromatic rings. The zero-order valence-corrected chi connectivity index (χ0v) is 13.9. The number of sulfonamides is 1. The van der Waals surface area contributed by atoms with Gasteiger partial charge in [-0.15, -0.1) is 0 Å². The Kier molecular flexibility index (Phi) is 6.42. The van der Waals surface area contributed by atoms with E-state index >= 15 is 0 Å². The molecule has 0 spiro atoms. The lowest BCUT2D eigenvalue weighted by molar-refractivity contribution is 0.0697. The standard InChI is InChI=1S/C12H16Cl2N2O4S/c1-3-16(2)7-6-15-21(19,20)9-5-4-8(13)10(11(9)14)12(17)18/h4-5,15H,3,6-7H2,1-2H3,(H,17,18). The van der Waals surface area contributed by atoms with E-state index in [2.05, 4.69) is 4.72 Å². The van der Waals surface area contributed by atoms with E-state index in [4.69, 9.17) is 28.3 Å². The van der Waals surface area contributed by atoms with Gasteiger partial charge in [-0.1, -0.05) is 30.1 Å². The van der Waals surface area contributed by atoms with E-state index in [1.54, 1.807) is 0 Å². The molecule has 0 fully saturated rings. The Morgan fingerprint density at radius 2 is 2.00 bits per heavy atom. The molecule has 118 valence electrons. The number of carboxylic acid groups (broad SMARTS) is 1. The number of benzene rings is 1. The van der Waals surface area contributed by atoms with Crippen molar-refractivity contribution in [2.75, 3.05) is 26.7 Å². The third-order valence-electron chi connectivity index (χ3n) is 2.88. The highest BCUT2D eigenvalue weighted by molar-refractivity contribution is 7.89. The highest BCUT2D eigenvalue weighted by Gasteiger charge is 2.24. The van der Waals surface area contributed by atoms with Gasteiger partial charge in [0.2, 0.25) is 10.0 Å². The lowest BCUT2D eigenvalue weighted by Crippen LogP contribution is -2.33. The average Bonchev–Trinajstić information content (AvgIpc) is 2.37. The summed E-state index contributed by atoms with van der Waals surface area (Å²) in [7, 11) is -2.04. The van der Waals surface area contributed by atoms with Gasteiger partial charge in [-0.05, 0) is 25.7 Å². The zero-order valence-electron chi connectivity index (χ0n) is 11.6. The maximum atomic E-state index is 12.2. The molecule has 6 nitrogen and oxygen atoms in total. The number of rotatable bonds is 7. The van der Waals surface area contributed by atoms with Gasteiger partial charge >= 0.3 is 5.97 Å². The number of hydrogen-bond acceptors (Lipinski definition) is 4. The van der Waals surface area contributed by atoms with Crippen LogP contribution < -0.4 is 4.72 Å². The summed E-state index contributed by atoms with van der Waals surface area (Å²) in [5, 5.41) is 8.52. The predicted molar refractivity (Wildman–Crippen MR) is 81.8 cm³/mol. The van der Waals surface area contributed by atoms with Crippen LogP contribution in [0.5, 0.6) is 0 Å². The summed E-state index contributed by atoms with van der Waals surface area (Å²) in [4.78, 5) is 12.7. The molecule has 0 aliphatic heterocycles. The van der Waals surface area contributed by atoms with Crippen molar-refractivity contribution in [2.45, 2.75) is 11.8 Å². The van der Waals surface area contributed by atoms with Crippen LogP contribution in [-0.2, 0) is 10.0 Å². The fourth-order valence-electron chi connectivity index (χ4n) is 1.54. The van der Waals surface area contributed by atoms with E-state index < -0.39 is 26.6 Å². The molecule has 0 aliphatic carbocycles. The van der Waals surface area contributed by atoms with Crippen LogP contribution >= 0.6 is 23.2 Å². The second kappa shape index (κ2) is 7.42. The molecular formula is C12H16Cl2N2O4S. The van der Waals surface area contributed by atoms with Crippen molar-refractivity contribution >= 4 is 39.2 Å². The van der Waals surface area contributed by atoms with Gasteiger partial charge < -0.3 is 10.0 Å². The lowest BCUT2D eigenvalue weighted by Gasteiger charge is -2.15. The van der Waals surface area contributed by atoms with E-state index in [0.29, 0.717) is 6.54 Å². The molecule has 0 saturated heterocycles. The highest BCUT2D eigenvalue weighted by atomic mass is 35.5. The zero-order chi connectivity index (χ0) is 16.2. The Balaban J connectivity index is 3.04. The Morgan fingerprint density at radius 1 is 1.38 bits per heavy atom. The largest absolute Gasteiger partial charge is 0.478 e.